The second-order valence-corrected chi connectivity index (χ2v) is 7.94. The molecule has 2 aliphatic heterocycles. The fourth-order valence-corrected chi connectivity index (χ4v) is 4.08. The second kappa shape index (κ2) is 8.63. The Hall–Kier alpha value is -3.61. The van der Waals surface area contributed by atoms with E-state index in [4.69, 9.17) is 4.74 Å². The van der Waals surface area contributed by atoms with Gasteiger partial charge < -0.3 is 20.3 Å². The van der Waals surface area contributed by atoms with Crippen molar-refractivity contribution in [3.05, 3.63) is 66.4 Å². The van der Waals surface area contributed by atoms with Gasteiger partial charge in [-0.05, 0) is 61.6 Å². The lowest BCUT2D eigenvalue weighted by Crippen LogP contribution is -2.35. The predicted molar refractivity (Wildman–Crippen MR) is 121 cm³/mol. The molecule has 2 aliphatic rings. The highest BCUT2D eigenvalue weighted by molar-refractivity contribution is 5.94. The number of carbonyl (C=O) groups excluding carboxylic acids is 1. The highest BCUT2D eigenvalue weighted by atomic mass is 16.5. The molecule has 1 unspecified atom stereocenters. The maximum Gasteiger partial charge on any atom is 0.265 e. The fourth-order valence-electron chi connectivity index (χ4n) is 4.08. The summed E-state index contributed by atoms with van der Waals surface area (Å²) in [6.07, 6.45) is 5.29. The number of fused-ring (bicyclic) bond motifs is 1. The maximum absolute atomic E-state index is 12.6. The summed E-state index contributed by atoms with van der Waals surface area (Å²) >= 11 is 0. The molecule has 0 aliphatic carbocycles. The summed E-state index contributed by atoms with van der Waals surface area (Å²) in [6.45, 7) is 2.13. The second-order valence-electron chi connectivity index (χ2n) is 7.94. The van der Waals surface area contributed by atoms with E-state index in [1.54, 1.807) is 6.20 Å². The van der Waals surface area contributed by atoms with Crippen molar-refractivity contribution in [2.45, 2.75) is 31.8 Å². The number of anilines is 4. The Morgan fingerprint density at radius 3 is 2.65 bits per heavy atom. The summed E-state index contributed by atoms with van der Waals surface area (Å²) in [5.74, 6) is 1.38. The first-order chi connectivity index (χ1) is 15.2. The Morgan fingerprint density at radius 2 is 1.81 bits per heavy atom. The third-order valence-corrected chi connectivity index (χ3v) is 5.75. The van der Waals surface area contributed by atoms with Gasteiger partial charge in [-0.3, -0.25) is 4.79 Å². The number of aryl methyl sites for hydroxylation is 1. The monoisotopic (exact) mass is 415 g/mol. The normalized spacial score (nSPS) is 17.5. The van der Waals surface area contributed by atoms with E-state index in [0.29, 0.717) is 12.2 Å². The predicted octanol–water partition coefficient (Wildman–Crippen LogP) is 4.15. The molecule has 31 heavy (non-hydrogen) atoms. The molecule has 158 valence electrons. The summed E-state index contributed by atoms with van der Waals surface area (Å²) in [6, 6.07) is 17.5. The van der Waals surface area contributed by atoms with Crippen LogP contribution >= 0.6 is 0 Å². The molecule has 7 heteroatoms. The van der Waals surface area contributed by atoms with Crippen molar-refractivity contribution in [3.8, 4) is 5.75 Å². The Kier molecular flexibility index (Phi) is 5.39. The Balaban J connectivity index is 1.20. The number of aromatic nitrogens is 2. The zero-order chi connectivity index (χ0) is 21.0. The average molecular weight is 415 g/mol. The SMILES string of the molecule is O=C(Nc1ccc(Nc2cc(N3CCCC3)cnn2)cc1)C1CCc2ccccc2O1. The molecule has 5 rings (SSSR count). The molecule has 2 aromatic carbocycles. The molecular weight excluding hydrogens is 390 g/mol. The van der Waals surface area contributed by atoms with Crippen LogP contribution in [0, 0.1) is 0 Å². The van der Waals surface area contributed by atoms with Crippen molar-refractivity contribution in [3.63, 3.8) is 0 Å². The lowest BCUT2D eigenvalue weighted by atomic mass is 10.0. The number of nitrogens with zero attached hydrogens (tertiary/aromatic N) is 3. The van der Waals surface area contributed by atoms with Crippen LogP contribution in [0.4, 0.5) is 22.9 Å². The zero-order valence-corrected chi connectivity index (χ0v) is 17.3. The summed E-state index contributed by atoms with van der Waals surface area (Å²) < 4.78 is 5.88. The number of hydrogen-bond donors (Lipinski definition) is 2. The minimum absolute atomic E-state index is 0.126. The van der Waals surface area contributed by atoms with E-state index in [2.05, 4.69) is 25.7 Å². The van der Waals surface area contributed by atoms with Crippen LogP contribution in [0.5, 0.6) is 5.75 Å². The Bertz CT molecular complexity index is 1060. The van der Waals surface area contributed by atoms with Gasteiger partial charge in [0.05, 0.1) is 11.9 Å². The van der Waals surface area contributed by atoms with Crippen molar-refractivity contribution < 1.29 is 9.53 Å². The van der Waals surface area contributed by atoms with Crippen LogP contribution in [0.2, 0.25) is 0 Å². The van der Waals surface area contributed by atoms with Crippen molar-refractivity contribution in [2.75, 3.05) is 28.6 Å². The Labute approximate surface area is 181 Å². The summed E-state index contributed by atoms with van der Waals surface area (Å²) in [7, 11) is 0. The number of ether oxygens (including phenoxy) is 1. The van der Waals surface area contributed by atoms with Gasteiger partial charge in [-0.2, -0.15) is 5.10 Å². The van der Waals surface area contributed by atoms with Gasteiger partial charge in [-0.15, -0.1) is 5.10 Å². The van der Waals surface area contributed by atoms with Gasteiger partial charge in [0.2, 0.25) is 0 Å². The molecule has 0 radical (unpaired) electrons. The van der Waals surface area contributed by atoms with Crippen LogP contribution in [0.25, 0.3) is 0 Å². The average Bonchev–Trinajstić information content (AvgIpc) is 3.35. The third-order valence-electron chi connectivity index (χ3n) is 5.75. The minimum Gasteiger partial charge on any atom is -0.480 e. The molecular formula is C24H25N5O2. The Morgan fingerprint density at radius 1 is 1.03 bits per heavy atom. The van der Waals surface area contributed by atoms with Crippen molar-refractivity contribution in [1.29, 1.82) is 0 Å². The topological polar surface area (TPSA) is 79.4 Å². The largest absolute Gasteiger partial charge is 0.480 e. The number of hydrogen-bond acceptors (Lipinski definition) is 6. The number of rotatable bonds is 5. The maximum atomic E-state index is 12.6. The van der Waals surface area contributed by atoms with Crippen LogP contribution in [0.15, 0.2) is 60.8 Å². The summed E-state index contributed by atoms with van der Waals surface area (Å²) in [4.78, 5) is 15.0. The molecule has 1 amide bonds. The van der Waals surface area contributed by atoms with Crippen LogP contribution in [-0.4, -0.2) is 35.3 Å². The van der Waals surface area contributed by atoms with E-state index in [9.17, 15) is 4.79 Å². The minimum atomic E-state index is -0.476. The molecule has 1 saturated heterocycles. The first-order valence-corrected chi connectivity index (χ1v) is 10.7. The van der Waals surface area contributed by atoms with Crippen LogP contribution in [-0.2, 0) is 11.2 Å². The smallest absolute Gasteiger partial charge is 0.265 e. The number of carbonyl (C=O) groups is 1. The molecule has 3 heterocycles. The van der Waals surface area contributed by atoms with Crippen molar-refractivity contribution in [1.82, 2.24) is 10.2 Å². The van der Waals surface area contributed by atoms with Crippen LogP contribution in [0.3, 0.4) is 0 Å². The van der Waals surface area contributed by atoms with Gasteiger partial charge in [0, 0.05) is 30.5 Å². The van der Waals surface area contributed by atoms with Gasteiger partial charge in [0.1, 0.15) is 5.75 Å². The van der Waals surface area contributed by atoms with Gasteiger partial charge in [0.25, 0.3) is 5.91 Å². The van der Waals surface area contributed by atoms with Gasteiger partial charge in [-0.1, -0.05) is 18.2 Å². The van der Waals surface area contributed by atoms with Gasteiger partial charge >= 0.3 is 0 Å². The quantitative estimate of drug-likeness (QED) is 0.652. The first kappa shape index (κ1) is 19.4. The molecule has 1 atom stereocenters. The highest BCUT2D eigenvalue weighted by Crippen LogP contribution is 2.28. The highest BCUT2D eigenvalue weighted by Gasteiger charge is 2.25. The number of nitrogens with one attached hydrogen (secondary N) is 2. The molecule has 0 bridgehead atoms. The van der Waals surface area contributed by atoms with Gasteiger partial charge in [0.15, 0.2) is 11.9 Å². The van der Waals surface area contributed by atoms with E-state index in [1.165, 1.54) is 12.8 Å². The summed E-state index contributed by atoms with van der Waals surface area (Å²) in [5.41, 5.74) is 3.86. The lowest BCUT2D eigenvalue weighted by molar-refractivity contribution is -0.123. The number of benzene rings is 2. The number of amides is 1. The van der Waals surface area contributed by atoms with Crippen LogP contribution in [0.1, 0.15) is 24.8 Å². The zero-order valence-electron chi connectivity index (χ0n) is 17.3. The van der Waals surface area contributed by atoms with Gasteiger partial charge in [-0.25, -0.2) is 0 Å². The standard InChI is InChI=1S/C24H25N5O2/c30-24(22-12-7-17-5-1-2-6-21(17)31-22)27-19-10-8-18(9-11-19)26-23-15-20(16-25-28-23)29-13-3-4-14-29/h1-2,5-6,8-11,15-16,22H,3-4,7,12-14H2,(H,26,28)(H,27,30). The van der Waals surface area contributed by atoms with E-state index in [0.717, 1.165) is 47.9 Å². The van der Waals surface area contributed by atoms with E-state index in [1.807, 2.05) is 54.6 Å². The lowest BCUT2D eigenvalue weighted by Gasteiger charge is -2.25. The molecule has 1 fully saturated rings. The molecule has 3 aromatic rings. The van der Waals surface area contributed by atoms with Crippen LogP contribution < -0.4 is 20.3 Å². The molecule has 2 N–H and O–H groups in total. The van der Waals surface area contributed by atoms with E-state index < -0.39 is 6.10 Å². The fraction of sp³-hybridized carbons (Fsp3) is 0.292. The molecule has 7 nitrogen and oxygen atoms in total. The first-order valence-electron chi connectivity index (χ1n) is 10.7. The van der Waals surface area contributed by atoms with Crippen molar-refractivity contribution >= 4 is 28.8 Å². The van der Waals surface area contributed by atoms with E-state index in [-0.39, 0.29) is 5.91 Å². The molecule has 0 spiro atoms. The molecule has 1 aromatic heterocycles. The molecule has 0 saturated carbocycles. The van der Waals surface area contributed by atoms with E-state index >= 15 is 0 Å². The van der Waals surface area contributed by atoms with Crippen molar-refractivity contribution in [2.24, 2.45) is 0 Å². The summed E-state index contributed by atoms with van der Waals surface area (Å²) in [5, 5.41) is 14.5. The number of para-hydroxylation sites is 1. The third kappa shape index (κ3) is 4.45.